The third kappa shape index (κ3) is 5.08. The molecule has 5 heteroatoms. The fourth-order valence-corrected chi connectivity index (χ4v) is 8.63. The molecule has 51 heavy (non-hydrogen) atoms. The summed E-state index contributed by atoms with van der Waals surface area (Å²) in [6.45, 7) is 2.27. The zero-order valence-electron chi connectivity index (χ0n) is 28.0. The Morgan fingerprint density at radius 3 is 1.96 bits per heavy atom. The average Bonchev–Trinajstić information content (AvgIpc) is 3.74. The number of allylic oxidation sites excluding steroid dienone is 4. The first-order valence-electron chi connectivity index (χ1n) is 17.4. The lowest BCUT2D eigenvalue weighted by Crippen LogP contribution is -2.01. The van der Waals surface area contributed by atoms with E-state index in [2.05, 4.69) is 109 Å². The van der Waals surface area contributed by atoms with Gasteiger partial charge in [0.1, 0.15) is 0 Å². The maximum atomic E-state index is 5.05. The van der Waals surface area contributed by atoms with Gasteiger partial charge in [-0.15, -0.1) is 11.3 Å². The Hall–Kier alpha value is -6.17. The van der Waals surface area contributed by atoms with Crippen molar-refractivity contribution in [1.29, 1.82) is 0 Å². The molecule has 0 amide bonds. The molecule has 242 valence electrons. The van der Waals surface area contributed by atoms with Crippen LogP contribution in [-0.4, -0.2) is 19.5 Å². The molecule has 9 aromatic rings. The van der Waals surface area contributed by atoms with E-state index in [1.807, 2.05) is 72.0 Å². The highest BCUT2D eigenvalue weighted by atomic mass is 32.1. The van der Waals surface area contributed by atoms with Gasteiger partial charge in [-0.25, -0.2) is 15.0 Å². The van der Waals surface area contributed by atoms with Crippen LogP contribution in [0.15, 0.2) is 158 Å². The highest BCUT2D eigenvalue weighted by Crippen LogP contribution is 2.44. The van der Waals surface area contributed by atoms with Crippen LogP contribution < -0.4 is 0 Å². The molecule has 1 aliphatic rings. The number of nitrogens with zero attached hydrogens (tertiary/aromatic N) is 4. The lowest BCUT2D eigenvalue weighted by Gasteiger charge is -2.13. The molecule has 0 saturated heterocycles. The molecule has 1 atom stereocenters. The van der Waals surface area contributed by atoms with E-state index in [-0.39, 0.29) is 0 Å². The van der Waals surface area contributed by atoms with E-state index in [9.17, 15) is 0 Å². The second kappa shape index (κ2) is 12.0. The van der Waals surface area contributed by atoms with Gasteiger partial charge in [-0.1, -0.05) is 134 Å². The summed E-state index contributed by atoms with van der Waals surface area (Å²) in [6, 6.07) is 49.3. The quantitative estimate of drug-likeness (QED) is 0.183. The zero-order chi connectivity index (χ0) is 33.9. The number of fused-ring (bicyclic) bond motifs is 7. The molecule has 0 aliphatic heterocycles. The number of rotatable bonds is 5. The number of thiophene rings is 1. The summed E-state index contributed by atoms with van der Waals surface area (Å²) in [5, 5.41) is 5.08. The first-order chi connectivity index (χ1) is 25.2. The minimum atomic E-state index is 0.574. The van der Waals surface area contributed by atoms with Crippen molar-refractivity contribution in [2.75, 3.05) is 0 Å². The number of aromatic nitrogens is 4. The fraction of sp³-hybridized carbons (Fsp3) is 0.0652. The summed E-state index contributed by atoms with van der Waals surface area (Å²) >= 11 is 1.87. The van der Waals surface area contributed by atoms with Crippen LogP contribution in [0, 0.1) is 5.92 Å². The molecule has 0 radical (unpaired) electrons. The zero-order valence-corrected chi connectivity index (χ0v) is 28.8. The minimum absolute atomic E-state index is 0.574. The van der Waals surface area contributed by atoms with Gasteiger partial charge in [0.15, 0.2) is 17.5 Å². The van der Waals surface area contributed by atoms with Crippen molar-refractivity contribution in [3.8, 4) is 39.9 Å². The molecule has 6 aromatic carbocycles. The second-order valence-corrected chi connectivity index (χ2v) is 14.4. The maximum Gasteiger partial charge on any atom is 0.164 e. The standard InChI is InChI=1S/C46H32N4S/c1-29-19-21-30(22-20-29)33-23-26-40-39(28-33)37-24-25-38-36-17-8-9-18-41(36)51-43(38)42(37)50(40)35-16-10-15-34(27-35)46-48-44(31-11-4-2-5-12-31)47-45(49-46)32-13-6-3-7-14-32/h2-19,21-29H,20H2,1H3. The summed E-state index contributed by atoms with van der Waals surface area (Å²) in [5.74, 6) is 2.53. The topological polar surface area (TPSA) is 43.6 Å². The molecular weight excluding hydrogens is 641 g/mol. The van der Waals surface area contributed by atoms with Crippen LogP contribution in [0.25, 0.3) is 87.4 Å². The van der Waals surface area contributed by atoms with E-state index in [0.717, 1.165) is 28.8 Å². The predicted octanol–water partition coefficient (Wildman–Crippen LogP) is 12.3. The second-order valence-electron chi connectivity index (χ2n) is 13.3. The SMILES string of the molecule is CC1C=CC(c2ccc3c(c2)c2ccc4c5ccccc5sc4c2n3-c2cccc(-c3nc(-c4ccccc4)nc(-c4ccccc4)n3)c2)=CC1. The lowest BCUT2D eigenvalue weighted by molar-refractivity contribution is 0.739. The molecule has 4 nitrogen and oxygen atoms in total. The Labute approximate surface area is 299 Å². The summed E-state index contributed by atoms with van der Waals surface area (Å²) in [6.07, 6.45) is 8.05. The highest BCUT2D eigenvalue weighted by molar-refractivity contribution is 7.26. The molecule has 0 spiro atoms. The third-order valence-corrected chi connectivity index (χ3v) is 11.2. The smallest absolute Gasteiger partial charge is 0.164 e. The van der Waals surface area contributed by atoms with Gasteiger partial charge in [-0.05, 0) is 53.8 Å². The van der Waals surface area contributed by atoms with Crippen molar-refractivity contribution in [2.24, 2.45) is 5.92 Å². The Bertz CT molecular complexity index is 2790. The average molecular weight is 673 g/mol. The molecule has 0 saturated carbocycles. The summed E-state index contributed by atoms with van der Waals surface area (Å²) in [7, 11) is 0. The van der Waals surface area contributed by atoms with Crippen molar-refractivity contribution >= 4 is 58.9 Å². The molecule has 3 heterocycles. The molecule has 10 rings (SSSR count). The van der Waals surface area contributed by atoms with Crippen LogP contribution in [0.3, 0.4) is 0 Å². The Morgan fingerprint density at radius 2 is 1.24 bits per heavy atom. The minimum Gasteiger partial charge on any atom is -0.308 e. The van der Waals surface area contributed by atoms with Crippen LogP contribution in [0.1, 0.15) is 18.9 Å². The van der Waals surface area contributed by atoms with Crippen molar-refractivity contribution in [3.05, 3.63) is 163 Å². The van der Waals surface area contributed by atoms with Gasteiger partial charge in [0.2, 0.25) is 0 Å². The van der Waals surface area contributed by atoms with Crippen LogP contribution in [0.2, 0.25) is 0 Å². The lowest BCUT2D eigenvalue weighted by atomic mass is 9.93. The molecule has 1 aliphatic carbocycles. The first kappa shape index (κ1) is 29.7. The van der Waals surface area contributed by atoms with Gasteiger partial charge in [-0.3, -0.25) is 0 Å². The molecule has 1 unspecified atom stereocenters. The van der Waals surface area contributed by atoms with E-state index < -0.39 is 0 Å². The van der Waals surface area contributed by atoms with E-state index in [4.69, 9.17) is 15.0 Å². The highest BCUT2D eigenvalue weighted by Gasteiger charge is 2.20. The maximum absolute atomic E-state index is 5.05. The summed E-state index contributed by atoms with van der Waals surface area (Å²) < 4.78 is 5.03. The van der Waals surface area contributed by atoms with E-state index in [1.54, 1.807) is 0 Å². The van der Waals surface area contributed by atoms with Crippen LogP contribution in [-0.2, 0) is 0 Å². The largest absolute Gasteiger partial charge is 0.308 e. The van der Waals surface area contributed by atoms with E-state index in [1.165, 1.54) is 53.1 Å². The van der Waals surface area contributed by atoms with Crippen molar-refractivity contribution in [3.63, 3.8) is 0 Å². The number of benzene rings is 6. The van der Waals surface area contributed by atoms with Crippen LogP contribution >= 0.6 is 11.3 Å². The Kier molecular flexibility index (Phi) is 7.00. The Morgan fingerprint density at radius 1 is 0.569 bits per heavy atom. The van der Waals surface area contributed by atoms with Gasteiger partial charge in [0.05, 0.1) is 15.7 Å². The Balaban J connectivity index is 1.21. The van der Waals surface area contributed by atoms with Gasteiger partial charge < -0.3 is 4.57 Å². The number of hydrogen-bond acceptors (Lipinski definition) is 4. The van der Waals surface area contributed by atoms with Gasteiger partial charge >= 0.3 is 0 Å². The van der Waals surface area contributed by atoms with Crippen molar-refractivity contribution in [1.82, 2.24) is 19.5 Å². The van der Waals surface area contributed by atoms with Crippen molar-refractivity contribution in [2.45, 2.75) is 13.3 Å². The van der Waals surface area contributed by atoms with Crippen LogP contribution in [0.4, 0.5) is 0 Å². The van der Waals surface area contributed by atoms with Gasteiger partial charge in [0, 0.05) is 48.6 Å². The fourth-order valence-electron chi connectivity index (χ4n) is 7.39. The normalized spacial score (nSPS) is 14.5. The van der Waals surface area contributed by atoms with E-state index in [0.29, 0.717) is 23.4 Å². The third-order valence-electron chi connectivity index (χ3n) is 9.98. The van der Waals surface area contributed by atoms with Crippen LogP contribution in [0.5, 0.6) is 0 Å². The van der Waals surface area contributed by atoms with Gasteiger partial charge in [0.25, 0.3) is 0 Å². The van der Waals surface area contributed by atoms with Crippen molar-refractivity contribution < 1.29 is 0 Å². The predicted molar refractivity (Wildman–Crippen MR) is 214 cm³/mol. The van der Waals surface area contributed by atoms with Gasteiger partial charge in [-0.2, -0.15) is 0 Å². The molecule has 3 aromatic heterocycles. The molecule has 0 fully saturated rings. The molecular formula is C46H32N4S. The molecule has 0 N–H and O–H groups in total. The molecule has 0 bridgehead atoms. The monoisotopic (exact) mass is 672 g/mol. The first-order valence-corrected chi connectivity index (χ1v) is 18.2. The number of hydrogen-bond donors (Lipinski definition) is 0. The van der Waals surface area contributed by atoms with E-state index >= 15 is 0 Å². The summed E-state index contributed by atoms with van der Waals surface area (Å²) in [4.78, 5) is 15.0. The summed E-state index contributed by atoms with van der Waals surface area (Å²) in [5.41, 5.74) is 8.86.